The van der Waals surface area contributed by atoms with Crippen LogP contribution in [0.1, 0.15) is 38.7 Å². The van der Waals surface area contributed by atoms with Crippen LogP contribution in [0.3, 0.4) is 0 Å². The quantitative estimate of drug-likeness (QED) is 0.520. The number of hydrogen-bond donors (Lipinski definition) is 3. The molecule has 0 radical (unpaired) electrons. The second-order valence-corrected chi connectivity index (χ2v) is 8.64. The molecule has 0 spiro atoms. The molecule has 4 unspecified atom stereocenters. The van der Waals surface area contributed by atoms with E-state index in [0.29, 0.717) is 22.8 Å². The monoisotopic (exact) mass is 449 g/mol. The van der Waals surface area contributed by atoms with Crippen LogP contribution in [0.5, 0.6) is 11.5 Å². The van der Waals surface area contributed by atoms with Gasteiger partial charge in [-0.15, -0.1) is 11.8 Å². The minimum Gasteiger partial charge on any atom is -0.493 e. The molecule has 9 heteroatoms. The number of benzene rings is 1. The number of hydrogen-bond acceptors (Lipinski definition) is 8. The first kappa shape index (κ1) is 23.3. The summed E-state index contributed by atoms with van der Waals surface area (Å²) in [6, 6.07) is 5.48. The summed E-state index contributed by atoms with van der Waals surface area (Å²) in [7, 11) is 3.13. The van der Waals surface area contributed by atoms with E-state index < -0.39 is 17.8 Å². The number of nitrogens with one attached hydrogen (secondary N) is 3. The van der Waals surface area contributed by atoms with Gasteiger partial charge < -0.3 is 24.8 Å². The van der Waals surface area contributed by atoms with E-state index in [0.717, 1.165) is 17.7 Å². The van der Waals surface area contributed by atoms with Crippen LogP contribution in [-0.4, -0.2) is 50.1 Å². The van der Waals surface area contributed by atoms with Crippen LogP contribution < -0.4 is 25.4 Å². The fourth-order valence-electron chi connectivity index (χ4n) is 4.12. The van der Waals surface area contributed by atoms with E-state index in [-0.39, 0.29) is 24.2 Å². The Kier molecular flexibility index (Phi) is 7.72. The summed E-state index contributed by atoms with van der Waals surface area (Å²) in [5.41, 5.74) is 1.74. The maximum absolute atomic E-state index is 13.3. The molecule has 2 heterocycles. The number of fused-ring (bicyclic) bond motifs is 1. The Bertz CT molecular complexity index is 860. The van der Waals surface area contributed by atoms with Crippen molar-refractivity contribution in [2.75, 3.05) is 26.6 Å². The number of rotatable bonds is 8. The predicted molar refractivity (Wildman–Crippen MR) is 120 cm³/mol. The third-order valence-corrected chi connectivity index (χ3v) is 6.69. The Balaban J connectivity index is 2.06. The molecule has 4 atom stereocenters. The molecule has 1 aromatic rings. The van der Waals surface area contributed by atoms with Crippen molar-refractivity contribution >= 4 is 23.6 Å². The van der Waals surface area contributed by atoms with Gasteiger partial charge in [-0.05, 0) is 43.7 Å². The molecule has 2 aliphatic heterocycles. The highest BCUT2D eigenvalue weighted by atomic mass is 32.2. The highest BCUT2D eigenvalue weighted by Gasteiger charge is 2.48. The lowest BCUT2D eigenvalue weighted by Crippen LogP contribution is -2.67. The third-order valence-electron chi connectivity index (χ3n) is 5.46. The number of esters is 1. The first-order valence-corrected chi connectivity index (χ1v) is 11.5. The molecule has 31 heavy (non-hydrogen) atoms. The molecular formula is C22H31N3O5S. The number of ether oxygens (including phenoxy) is 3. The largest absolute Gasteiger partial charge is 0.493 e. The summed E-state index contributed by atoms with van der Waals surface area (Å²) < 4.78 is 16.2. The third kappa shape index (κ3) is 4.77. The molecule has 0 saturated carbocycles. The summed E-state index contributed by atoms with van der Waals surface area (Å²) >= 11 is 1.65. The number of allylic oxidation sites excluding steroid dienone is 1. The fraction of sp³-hybridized carbons (Fsp3) is 0.545. The number of carbonyl (C=O) groups is 2. The number of methoxy groups -OCH3 is 2. The Morgan fingerprint density at radius 2 is 1.87 bits per heavy atom. The van der Waals surface area contributed by atoms with Gasteiger partial charge in [-0.25, -0.2) is 4.79 Å². The summed E-state index contributed by atoms with van der Waals surface area (Å²) in [4.78, 5) is 26.2. The normalized spacial score (nSPS) is 25.3. The van der Waals surface area contributed by atoms with E-state index in [4.69, 9.17) is 14.2 Å². The molecule has 3 rings (SSSR count). The van der Waals surface area contributed by atoms with Crippen LogP contribution in [0, 0.1) is 5.92 Å². The van der Waals surface area contributed by atoms with Crippen LogP contribution in [0.15, 0.2) is 29.5 Å². The fourth-order valence-corrected chi connectivity index (χ4v) is 5.03. The number of thioether (sulfide) groups is 1. The van der Waals surface area contributed by atoms with E-state index in [1.165, 1.54) is 0 Å². The van der Waals surface area contributed by atoms with Crippen molar-refractivity contribution in [2.24, 2.45) is 5.92 Å². The zero-order valence-electron chi connectivity index (χ0n) is 18.6. The topological polar surface area (TPSA) is 97.9 Å². The van der Waals surface area contributed by atoms with Gasteiger partial charge in [-0.2, -0.15) is 0 Å². The predicted octanol–water partition coefficient (Wildman–Crippen LogP) is 2.32. The van der Waals surface area contributed by atoms with Gasteiger partial charge >= 0.3 is 5.97 Å². The van der Waals surface area contributed by atoms with E-state index in [1.807, 2.05) is 19.1 Å². The lowest BCUT2D eigenvalue weighted by Gasteiger charge is -2.45. The average Bonchev–Trinajstić information content (AvgIpc) is 2.76. The van der Waals surface area contributed by atoms with Crippen molar-refractivity contribution in [3.63, 3.8) is 0 Å². The Labute approximate surface area is 187 Å². The molecule has 8 nitrogen and oxygen atoms in total. The summed E-state index contributed by atoms with van der Waals surface area (Å²) in [5.74, 6) is 0.459. The molecule has 170 valence electrons. The van der Waals surface area contributed by atoms with Gasteiger partial charge in [0.15, 0.2) is 11.5 Å². The maximum Gasteiger partial charge on any atom is 0.336 e. The van der Waals surface area contributed by atoms with E-state index >= 15 is 0 Å². The van der Waals surface area contributed by atoms with Crippen LogP contribution >= 0.6 is 11.8 Å². The molecular weight excluding hydrogens is 418 g/mol. The van der Waals surface area contributed by atoms with Gasteiger partial charge in [-0.1, -0.05) is 13.0 Å². The molecule has 1 amide bonds. The Morgan fingerprint density at radius 3 is 2.52 bits per heavy atom. The van der Waals surface area contributed by atoms with Crippen molar-refractivity contribution in [3.8, 4) is 11.5 Å². The molecule has 0 aromatic heterocycles. The zero-order chi connectivity index (χ0) is 22.5. The van der Waals surface area contributed by atoms with Crippen molar-refractivity contribution in [1.29, 1.82) is 0 Å². The highest BCUT2D eigenvalue weighted by Crippen LogP contribution is 2.43. The Morgan fingerprint density at radius 1 is 1.13 bits per heavy atom. The zero-order valence-corrected chi connectivity index (χ0v) is 19.4. The lowest BCUT2D eigenvalue weighted by molar-refractivity contribution is -0.139. The molecule has 1 aromatic carbocycles. The van der Waals surface area contributed by atoms with Crippen molar-refractivity contribution in [2.45, 2.75) is 44.8 Å². The SMILES string of the molecule is CCCSC1NC(=O)C2C(NC(C)=C(C(=O)OCC)C2c2ccc(OC)c(OC)c2)N1. The van der Waals surface area contributed by atoms with Crippen molar-refractivity contribution in [1.82, 2.24) is 16.0 Å². The highest BCUT2D eigenvalue weighted by molar-refractivity contribution is 7.99. The van der Waals surface area contributed by atoms with E-state index in [2.05, 4.69) is 22.9 Å². The molecule has 1 fully saturated rings. The van der Waals surface area contributed by atoms with Crippen molar-refractivity contribution < 1.29 is 23.8 Å². The molecule has 0 aliphatic carbocycles. The maximum atomic E-state index is 13.3. The van der Waals surface area contributed by atoms with Gasteiger partial charge in [0.25, 0.3) is 0 Å². The van der Waals surface area contributed by atoms with Gasteiger partial charge in [0.1, 0.15) is 5.50 Å². The van der Waals surface area contributed by atoms with Gasteiger partial charge in [0.05, 0.1) is 38.5 Å². The van der Waals surface area contributed by atoms with Gasteiger partial charge in [0.2, 0.25) is 5.91 Å². The van der Waals surface area contributed by atoms with Crippen LogP contribution in [0.4, 0.5) is 0 Å². The van der Waals surface area contributed by atoms with Gasteiger partial charge in [0, 0.05) is 11.6 Å². The van der Waals surface area contributed by atoms with E-state index in [1.54, 1.807) is 39.0 Å². The average molecular weight is 450 g/mol. The smallest absolute Gasteiger partial charge is 0.336 e. The summed E-state index contributed by atoms with van der Waals surface area (Å²) in [5, 5.41) is 9.85. The Hall–Kier alpha value is -2.39. The minimum absolute atomic E-state index is 0.112. The van der Waals surface area contributed by atoms with Crippen LogP contribution in [0.25, 0.3) is 0 Å². The number of carbonyl (C=O) groups excluding carboxylic acids is 2. The molecule has 1 saturated heterocycles. The standard InChI is InChI=1S/C22H31N3O5S/c1-6-10-31-22-24-19-18(20(26)25-22)17(16(12(3)23-19)21(27)30-7-2)13-8-9-14(28-4)15(11-13)29-5/h8-9,11,17-19,22-24H,6-7,10H2,1-5H3,(H,25,26). The van der Waals surface area contributed by atoms with Gasteiger partial charge in [-0.3, -0.25) is 10.1 Å². The van der Waals surface area contributed by atoms with Crippen molar-refractivity contribution in [3.05, 3.63) is 35.0 Å². The minimum atomic E-state index is -0.542. The summed E-state index contributed by atoms with van der Waals surface area (Å²) in [6.45, 7) is 5.97. The van der Waals surface area contributed by atoms with Crippen LogP contribution in [0.2, 0.25) is 0 Å². The first-order chi connectivity index (χ1) is 14.9. The molecule has 2 aliphatic rings. The second kappa shape index (κ2) is 10.3. The number of amides is 1. The lowest BCUT2D eigenvalue weighted by atomic mass is 9.74. The van der Waals surface area contributed by atoms with Crippen LogP contribution in [-0.2, 0) is 14.3 Å². The molecule has 0 bridgehead atoms. The second-order valence-electron chi connectivity index (χ2n) is 7.43. The summed E-state index contributed by atoms with van der Waals surface area (Å²) in [6.07, 6.45) is 0.694. The molecule has 3 N–H and O–H groups in total. The first-order valence-electron chi connectivity index (χ1n) is 10.5. The van der Waals surface area contributed by atoms with E-state index in [9.17, 15) is 9.59 Å².